The fourth-order valence-corrected chi connectivity index (χ4v) is 2.63. The summed E-state index contributed by atoms with van der Waals surface area (Å²) in [6.45, 7) is 8.27. The van der Waals surface area contributed by atoms with Crippen molar-refractivity contribution in [2.45, 2.75) is 19.3 Å². The predicted octanol–water partition coefficient (Wildman–Crippen LogP) is 4.60. The third-order valence-electron chi connectivity index (χ3n) is 4.37. The van der Waals surface area contributed by atoms with Gasteiger partial charge in [-0.3, -0.25) is 4.98 Å². The van der Waals surface area contributed by atoms with Crippen molar-refractivity contribution in [3.05, 3.63) is 78.4 Å². The van der Waals surface area contributed by atoms with E-state index in [4.69, 9.17) is 0 Å². The van der Waals surface area contributed by atoms with Gasteiger partial charge in [0.2, 0.25) is 0 Å². The van der Waals surface area contributed by atoms with Gasteiger partial charge in [-0.2, -0.15) is 0 Å². The van der Waals surface area contributed by atoms with Crippen molar-refractivity contribution in [3.8, 4) is 11.3 Å². The van der Waals surface area contributed by atoms with Crippen LogP contribution in [0.2, 0.25) is 0 Å². The van der Waals surface area contributed by atoms with Crippen molar-refractivity contribution in [2.75, 3.05) is 11.9 Å². The average Bonchev–Trinajstić information content (AvgIpc) is 2.67. The molecule has 0 atom stereocenters. The number of hydrogen-bond acceptors (Lipinski definition) is 5. The molecule has 0 radical (unpaired) electrons. The predicted molar refractivity (Wildman–Crippen MR) is 105 cm³/mol. The number of pyridine rings is 1. The molecular weight excluding hydrogens is 343 g/mol. The fraction of sp³-hybridized carbons (Fsp3) is 0.190. The lowest BCUT2D eigenvalue weighted by Gasteiger charge is -2.25. The van der Waals surface area contributed by atoms with Crippen LogP contribution in [-0.4, -0.2) is 26.8 Å². The van der Waals surface area contributed by atoms with Gasteiger partial charge in [0.25, 0.3) is 0 Å². The molecule has 2 N–H and O–H groups in total. The van der Waals surface area contributed by atoms with Crippen molar-refractivity contribution in [2.24, 2.45) is 0 Å². The van der Waals surface area contributed by atoms with Crippen LogP contribution in [0, 0.1) is 5.82 Å². The molecule has 0 saturated heterocycles. The summed E-state index contributed by atoms with van der Waals surface area (Å²) in [5.74, 6) is 0.357. The smallest absolute Gasteiger partial charge is 0.148 e. The summed E-state index contributed by atoms with van der Waals surface area (Å²) in [6.07, 6.45) is 3.19. The summed E-state index contributed by atoms with van der Waals surface area (Å²) in [5.41, 5.74) is 2.77. The Morgan fingerprint density at radius 2 is 1.85 bits per heavy atom. The highest BCUT2D eigenvalue weighted by molar-refractivity contribution is 5.65. The molecule has 0 aliphatic carbocycles. The van der Waals surface area contributed by atoms with E-state index in [1.807, 2.05) is 12.1 Å². The van der Waals surface area contributed by atoms with E-state index in [-0.39, 0.29) is 17.0 Å². The number of anilines is 1. The number of aliphatic hydroxyl groups is 1. The Labute approximate surface area is 157 Å². The summed E-state index contributed by atoms with van der Waals surface area (Å²) in [4.78, 5) is 4.08. The van der Waals surface area contributed by atoms with E-state index in [0.717, 1.165) is 11.1 Å². The highest BCUT2D eigenvalue weighted by Crippen LogP contribution is 2.24. The first-order valence-corrected chi connectivity index (χ1v) is 8.52. The number of rotatable bonds is 6. The average molecular weight is 364 g/mol. The van der Waals surface area contributed by atoms with Crippen molar-refractivity contribution in [3.63, 3.8) is 0 Å². The summed E-state index contributed by atoms with van der Waals surface area (Å²) in [6, 6.07) is 11.9. The van der Waals surface area contributed by atoms with Crippen LogP contribution in [0.15, 0.2) is 61.4 Å². The number of nitrogens with one attached hydrogen (secondary N) is 1. The molecule has 0 amide bonds. The zero-order valence-corrected chi connectivity index (χ0v) is 15.3. The highest BCUT2D eigenvalue weighted by Gasteiger charge is 2.20. The summed E-state index contributed by atoms with van der Waals surface area (Å²) in [7, 11) is 0. The Hall–Kier alpha value is -3.28. The van der Waals surface area contributed by atoms with Crippen LogP contribution in [0.3, 0.4) is 0 Å². The van der Waals surface area contributed by atoms with E-state index in [2.05, 4.69) is 40.9 Å². The maximum absolute atomic E-state index is 13.1. The molecule has 0 bridgehead atoms. The minimum absolute atomic E-state index is 0.0429. The first kappa shape index (κ1) is 18.5. The molecule has 2 aromatic heterocycles. The molecule has 3 aromatic rings. The van der Waals surface area contributed by atoms with Crippen LogP contribution in [0.25, 0.3) is 17.0 Å². The van der Waals surface area contributed by atoms with Gasteiger partial charge in [0, 0.05) is 35.5 Å². The topological polar surface area (TPSA) is 70.9 Å². The lowest BCUT2D eigenvalue weighted by molar-refractivity contribution is 0.513. The van der Waals surface area contributed by atoms with Crippen molar-refractivity contribution >= 4 is 11.6 Å². The number of aromatic nitrogens is 3. The van der Waals surface area contributed by atoms with E-state index in [1.165, 1.54) is 18.3 Å². The number of aliphatic hydroxyl groups excluding tert-OH is 1. The molecule has 27 heavy (non-hydrogen) atoms. The standard InChI is InChI=1S/C21H21FN4O/c1-14(27)15-10-16(12-23-11-15)19-8-9-20(26-25-19)24-13-21(2,3)17-4-6-18(22)7-5-17/h4-12,27H,1,13H2,2-3H3,(H,24,26). The molecule has 3 rings (SSSR count). The maximum atomic E-state index is 13.1. The Morgan fingerprint density at radius 3 is 2.48 bits per heavy atom. The summed E-state index contributed by atoms with van der Waals surface area (Å²) in [5, 5.41) is 21.2. The van der Waals surface area contributed by atoms with Gasteiger partial charge in [0.1, 0.15) is 17.4 Å². The molecule has 6 heteroatoms. The van der Waals surface area contributed by atoms with Crippen LogP contribution in [0.5, 0.6) is 0 Å². The second kappa shape index (κ2) is 7.53. The SMILES string of the molecule is C=C(O)c1cncc(-c2ccc(NCC(C)(C)c3ccc(F)cc3)nn2)c1. The van der Waals surface area contributed by atoms with Crippen LogP contribution in [0.1, 0.15) is 25.0 Å². The van der Waals surface area contributed by atoms with Crippen molar-refractivity contribution in [1.82, 2.24) is 15.2 Å². The lowest BCUT2D eigenvalue weighted by Crippen LogP contribution is -2.28. The van der Waals surface area contributed by atoms with Gasteiger partial charge in [-0.25, -0.2) is 4.39 Å². The molecule has 0 aliphatic heterocycles. The van der Waals surface area contributed by atoms with Gasteiger partial charge in [0.15, 0.2) is 0 Å². The summed E-state index contributed by atoms with van der Waals surface area (Å²) >= 11 is 0. The Kier molecular flexibility index (Phi) is 5.16. The van der Waals surface area contributed by atoms with Gasteiger partial charge >= 0.3 is 0 Å². The second-order valence-corrected chi connectivity index (χ2v) is 6.96. The number of hydrogen-bond donors (Lipinski definition) is 2. The third-order valence-corrected chi connectivity index (χ3v) is 4.37. The van der Waals surface area contributed by atoms with Crippen molar-refractivity contribution in [1.29, 1.82) is 0 Å². The molecule has 0 aliphatic rings. The highest BCUT2D eigenvalue weighted by atomic mass is 19.1. The molecule has 2 heterocycles. The zero-order chi connectivity index (χ0) is 19.4. The Morgan fingerprint density at radius 1 is 1.11 bits per heavy atom. The molecule has 5 nitrogen and oxygen atoms in total. The quantitative estimate of drug-likeness (QED) is 0.626. The van der Waals surface area contributed by atoms with Gasteiger partial charge in [0.05, 0.1) is 5.69 Å². The molecule has 0 fully saturated rings. The van der Waals surface area contributed by atoms with Crippen LogP contribution < -0.4 is 5.32 Å². The third kappa shape index (κ3) is 4.47. The maximum Gasteiger partial charge on any atom is 0.148 e. The van der Waals surface area contributed by atoms with E-state index in [0.29, 0.717) is 23.6 Å². The Balaban J connectivity index is 1.70. The second-order valence-electron chi connectivity index (χ2n) is 6.96. The van der Waals surface area contributed by atoms with E-state index >= 15 is 0 Å². The van der Waals surface area contributed by atoms with Gasteiger partial charge in [-0.1, -0.05) is 32.6 Å². The number of nitrogens with zero attached hydrogens (tertiary/aromatic N) is 3. The first-order valence-electron chi connectivity index (χ1n) is 8.52. The van der Waals surface area contributed by atoms with Crippen LogP contribution in [0.4, 0.5) is 10.2 Å². The van der Waals surface area contributed by atoms with Crippen LogP contribution in [-0.2, 0) is 5.41 Å². The first-order chi connectivity index (χ1) is 12.8. The number of benzene rings is 1. The minimum Gasteiger partial charge on any atom is -0.508 e. The van der Waals surface area contributed by atoms with E-state index in [9.17, 15) is 9.50 Å². The monoisotopic (exact) mass is 364 g/mol. The molecule has 0 saturated carbocycles. The largest absolute Gasteiger partial charge is 0.508 e. The van der Waals surface area contributed by atoms with Crippen LogP contribution >= 0.6 is 0 Å². The summed E-state index contributed by atoms with van der Waals surface area (Å²) < 4.78 is 13.1. The molecular formula is C21H21FN4O. The van der Waals surface area contributed by atoms with E-state index in [1.54, 1.807) is 24.4 Å². The van der Waals surface area contributed by atoms with Crippen molar-refractivity contribution < 1.29 is 9.50 Å². The Bertz CT molecular complexity index is 937. The van der Waals surface area contributed by atoms with Gasteiger partial charge in [-0.05, 0) is 35.9 Å². The molecule has 0 spiro atoms. The van der Waals surface area contributed by atoms with Gasteiger partial charge in [-0.15, -0.1) is 10.2 Å². The fourth-order valence-electron chi connectivity index (χ4n) is 2.63. The van der Waals surface area contributed by atoms with Gasteiger partial charge < -0.3 is 10.4 Å². The normalized spacial score (nSPS) is 11.2. The molecule has 1 aromatic carbocycles. The number of halogens is 1. The van der Waals surface area contributed by atoms with E-state index < -0.39 is 0 Å². The zero-order valence-electron chi connectivity index (χ0n) is 15.3. The lowest BCUT2D eigenvalue weighted by atomic mass is 9.84. The minimum atomic E-state index is -0.243. The molecule has 0 unspecified atom stereocenters. The molecule has 138 valence electrons.